The number of nitro benzene ring substituents is 1. The van der Waals surface area contributed by atoms with Gasteiger partial charge in [-0.3, -0.25) is 14.9 Å². The van der Waals surface area contributed by atoms with E-state index in [4.69, 9.17) is 0 Å². The third kappa shape index (κ3) is 4.69. The molecule has 2 aromatic rings. The molecular weight excluding hydrogens is 394 g/mol. The lowest BCUT2D eigenvalue weighted by molar-refractivity contribution is -0.387. The number of aryl methyl sites for hydroxylation is 1. The molecule has 1 saturated heterocycles. The highest BCUT2D eigenvalue weighted by Gasteiger charge is 2.34. The Balaban J connectivity index is 1.66. The Bertz CT molecular complexity index is 1040. The second-order valence-electron chi connectivity index (χ2n) is 6.70. The Morgan fingerprint density at radius 3 is 2.28 bits per heavy atom. The Morgan fingerprint density at radius 2 is 1.66 bits per heavy atom. The molecule has 0 radical (unpaired) electrons. The minimum absolute atomic E-state index is 0.0818. The molecule has 2 aromatic carbocycles. The predicted molar refractivity (Wildman–Crippen MR) is 109 cm³/mol. The standard InChI is InChI=1S/C20H21N3O5S/c1-16-6-8-17(9-7-16)10-11-20(24)21-12-14-22(15-13-21)29(27,28)19-5-3-2-4-18(19)23(25)26/h2-11H,12-15H2,1H3/b11-10+. The van der Waals surface area contributed by atoms with Gasteiger partial charge in [-0.25, -0.2) is 8.42 Å². The van der Waals surface area contributed by atoms with E-state index < -0.39 is 20.6 Å². The van der Waals surface area contributed by atoms with E-state index in [0.717, 1.165) is 11.1 Å². The van der Waals surface area contributed by atoms with E-state index in [2.05, 4.69) is 0 Å². The van der Waals surface area contributed by atoms with Gasteiger partial charge in [0.25, 0.3) is 5.69 Å². The van der Waals surface area contributed by atoms with Gasteiger partial charge in [-0.2, -0.15) is 4.31 Å². The molecule has 0 unspecified atom stereocenters. The first kappa shape index (κ1) is 20.7. The zero-order valence-electron chi connectivity index (χ0n) is 15.9. The summed E-state index contributed by atoms with van der Waals surface area (Å²) in [6, 6.07) is 13.0. The third-order valence-corrected chi connectivity index (χ3v) is 6.67. The SMILES string of the molecule is Cc1ccc(/C=C/C(=O)N2CCN(S(=O)(=O)c3ccccc3[N+](=O)[O-])CC2)cc1. The van der Waals surface area contributed by atoms with Crippen molar-refractivity contribution in [1.29, 1.82) is 0 Å². The molecule has 1 amide bonds. The van der Waals surface area contributed by atoms with Crippen LogP contribution in [-0.4, -0.2) is 54.6 Å². The molecule has 1 heterocycles. The number of carbonyl (C=O) groups excluding carboxylic acids is 1. The highest BCUT2D eigenvalue weighted by molar-refractivity contribution is 7.89. The van der Waals surface area contributed by atoms with Crippen LogP contribution in [0.4, 0.5) is 5.69 Å². The lowest BCUT2D eigenvalue weighted by Crippen LogP contribution is -2.50. The van der Waals surface area contributed by atoms with Gasteiger partial charge in [0.15, 0.2) is 4.90 Å². The summed E-state index contributed by atoms with van der Waals surface area (Å²) < 4.78 is 26.8. The largest absolute Gasteiger partial charge is 0.337 e. The van der Waals surface area contributed by atoms with Crippen LogP contribution in [0, 0.1) is 17.0 Å². The highest BCUT2D eigenvalue weighted by Crippen LogP contribution is 2.26. The average molecular weight is 415 g/mol. The van der Waals surface area contributed by atoms with Crippen LogP contribution in [-0.2, 0) is 14.8 Å². The van der Waals surface area contributed by atoms with Crippen LogP contribution in [0.25, 0.3) is 6.08 Å². The molecule has 3 rings (SSSR count). The second-order valence-corrected chi connectivity index (χ2v) is 8.60. The van der Waals surface area contributed by atoms with Crippen molar-refractivity contribution in [1.82, 2.24) is 9.21 Å². The number of hydrogen-bond acceptors (Lipinski definition) is 5. The number of benzene rings is 2. The van der Waals surface area contributed by atoms with E-state index in [1.165, 1.54) is 34.6 Å². The first-order valence-electron chi connectivity index (χ1n) is 9.06. The van der Waals surface area contributed by atoms with Gasteiger partial charge in [-0.1, -0.05) is 42.0 Å². The van der Waals surface area contributed by atoms with Crippen LogP contribution in [0.3, 0.4) is 0 Å². The number of para-hydroxylation sites is 1. The van der Waals surface area contributed by atoms with Crippen molar-refractivity contribution < 1.29 is 18.1 Å². The molecule has 0 aliphatic carbocycles. The van der Waals surface area contributed by atoms with E-state index in [0.29, 0.717) is 0 Å². The van der Waals surface area contributed by atoms with Crippen molar-refractivity contribution in [2.75, 3.05) is 26.2 Å². The number of amides is 1. The molecule has 0 spiro atoms. The van der Waals surface area contributed by atoms with Gasteiger partial charge < -0.3 is 4.90 Å². The zero-order valence-corrected chi connectivity index (χ0v) is 16.7. The van der Waals surface area contributed by atoms with Crippen molar-refractivity contribution in [2.24, 2.45) is 0 Å². The smallest absolute Gasteiger partial charge is 0.289 e. The molecular formula is C20H21N3O5S. The van der Waals surface area contributed by atoms with Gasteiger partial charge in [0.2, 0.25) is 15.9 Å². The van der Waals surface area contributed by atoms with Gasteiger partial charge in [-0.15, -0.1) is 0 Å². The number of hydrogen-bond donors (Lipinski definition) is 0. The van der Waals surface area contributed by atoms with Crippen LogP contribution in [0.15, 0.2) is 59.5 Å². The Morgan fingerprint density at radius 1 is 1.03 bits per heavy atom. The molecule has 1 aliphatic rings. The summed E-state index contributed by atoms with van der Waals surface area (Å²) in [7, 11) is -4.01. The van der Waals surface area contributed by atoms with E-state index in [9.17, 15) is 23.3 Å². The van der Waals surface area contributed by atoms with E-state index >= 15 is 0 Å². The summed E-state index contributed by atoms with van der Waals surface area (Å²) in [6.07, 6.45) is 3.19. The number of nitro groups is 1. The molecule has 1 aliphatic heterocycles. The summed E-state index contributed by atoms with van der Waals surface area (Å²) >= 11 is 0. The predicted octanol–water partition coefficient (Wildman–Crippen LogP) is 2.45. The van der Waals surface area contributed by atoms with Crippen LogP contribution in [0.5, 0.6) is 0 Å². The molecule has 152 valence electrons. The molecule has 29 heavy (non-hydrogen) atoms. The Kier molecular flexibility index (Phi) is 6.09. The number of piperazine rings is 1. The summed E-state index contributed by atoms with van der Waals surface area (Å²) in [4.78, 5) is 24.1. The lowest BCUT2D eigenvalue weighted by Gasteiger charge is -2.33. The number of carbonyl (C=O) groups is 1. The van der Waals surface area contributed by atoms with Gasteiger partial charge in [0.1, 0.15) is 0 Å². The summed E-state index contributed by atoms with van der Waals surface area (Å²) in [6.45, 7) is 2.58. The summed E-state index contributed by atoms with van der Waals surface area (Å²) in [5.41, 5.74) is 1.58. The summed E-state index contributed by atoms with van der Waals surface area (Å²) in [5, 5.41) is 11.2. The Labute approximate surface area is 169 Å². The first-order chi connectivity index (χ1) is 13.8. The minimum Gasteiger partial charge on any atom is -0.337 e. The maximum atomic E-state index is 12.8. The van der Waals surface area contributed by atoms with Crippen LogP contribution in [0.2, 0.25) is 0 Å². The van der Waals surface area contributed by atoms with E-state index in [1.54, 1.807) is 11.0 Å². The van der Waals surface area contributed by atoms with Gasteiger partial charge in [0, 0.05) is 38.3 Å². The molecule has 9 heteroatoms. The normalized spacial score (nSPS) is 15.6. The lowest BCUT2D eigenvalue weighted by atomic mass is 10.1. The maximum absolute atomic E-state index is 12.8. The monoisotopic (exact) mass is 415 g/mol. The number of sulfonamides is 1. The second kappa shape index (κ2) is 8.54. The fourth-order valence-electron chi connectivity index (χ4n) is 3.06. The molecule has 0 N–H and O–H groups in total. The van der Waals surface area contributed by atoms with Crippen LogP contribution < -0.4 is 0 Å². The van der Waals surface area contributed by atoms with Gasteiger partial charge in [0.05, 0.1) is 4.92 Å². The fourth-order valence-corrected chi connectivity index (χ4v) is 4.64. The van der Waals surface area contributed by atoms with Gasteiger partial charge >= 0.3 is 0 Å². The Hall–Kier alpha value is -3.04. The highest BCUT2D eigenvalue weighted by atomic mass is 32.2. The van der Waals surface area contributed by atoms with Crippen LogP contribution >= 0.6 is 0 Å². The fraction of sp³-hybridized carbons (Fsp3) is 0.250. The van der Waals surface area contributed by atoms with Crippen LogP contribution in [0.1, 0.15) is 11.1 Å². The summed E-state index contributed by atoms with van der Waals surface area (Å²) in [5.74, 6) is -0.201. The van der Waals surface area contributed by atoms with Crippen molar-refractivity contribution >= 4 is 27.7 Å². The third-order valence-electron chi connectivity index (χ3n) is 4.73. The molecule has 1 fully saturated rings. The van der Waals surface area contributed by atoms with Crippen molar-refractivity contribution in [3.8, 4) is 0 Å². The molecule has 0 aromatic heterocycles. The quantitative estimate of drug-likeness (QED) is 0.424. The van der Waals surface area contributed by atoms with Crippen molar-refractivity contribution in [2.45, 2.75) is 11.8 Å². The molecule has 0 bridgehead atoms. The minimum atomic E-state index is -4.01. The van der Waals surface area contributed by atoms with Gasteiger partial charge in [-0.05, 0) is 24.6 Å². The van der Waals surface area contributed by atoms with Crippen molar-refractivity contribution in [3.63, 3.8) is 0 Å². The molecule has 0 saturated carbocycles. The number of nitrogens with zero attached hydrogens (tertiary/aromatic N) is 3. The van der Waals surface area contributed by atoms with Crippen molar-refractivity contribution in [3.05, 3.63) is 75.8 Å². The maximum Gasteiger partial charge on any atom is 0.289 e. The van der Waals surface area contributed by atoms with E-state index in [1.807, 2.05) is 31.2 Å². The zero-order chi connectivity index (χ0) is 21.0. The first-order valence-corrected chi connectivity index (χ1v) is 10.5. The van der Waals surface area contributed by atoms with E-state index in [-0.39, 0.29) is 37.0 Å². The molecule has 8 nitrogen and oxygen atoms in total. The number of rotatable bonds is 5. The topological polar surface area (TPSA) is 101 Å². The average Bonchev–Trinajstić information content (AvgIpc) is 2.73. The molecule has 0 atom stereocenters.